The molecule has 1 N–H and O–H groups in total. The number of piperidine rings is 1. The number of amides is 3. The van der Waals surface area contributed by atoms with Crippen LogP contribution in [-0.4, -0.2) is 66.1 Å². The number of hydrogen-bond donors (Lipinski definition) is 1. The first-order valence-electron chi connectivity index (χ1n) is 13.6. The van der Waals surface area contributed by atoms with Crippen molar-refractivity contribution in [1.82, 2.24) is 15.1 Å². The smallest absolute Gasteiger partial charge is 0.257 e. The fourth-order valence-corrected chi connectivity index (χ4v) is 5.62. The van der Waals surface area contributed by atoms with Gasteiger partial charge in [0.1, 0.15) is 17.5 Å². The highest BCUT2D eigenvalue weighted by Gasteiger charge is 2.54. The van der Waals surface area contributed by atoms with E-state index in [1.54, 1.807) is 47.2 Å². The molecule has 2 heterocycles. The third-order valence-electron chi connectivity index (χ3n) is 7.98. The number of carbonyl (C=O) groups excluding carboxylic acids is 3. The normalized spacial score (nSPS) is 18.8. The van der Waals surface area contributed by atoms with Gasteiger partial charge in [0.05, 0.1) is 19.8 Å². The van der Waals surface area contributed by atoms with Crippen LogP contribution in [0.1, 0.15) is 57.7 Å². The van der Waals surface area contributed by atoms with Gasteiger partial charge < -0.3 is 19.7 Å². The summed E-state index contributed by atoms with van der Waals surface area (Å²) in [6, 6.07) is 23.1. The molecule has 2 atom stereocenters. The lowest BCUT2D eigenvalue weighted by atomic mass is 9.95. The highest BCUT2D eigenvalue weighted by molar-refractivity contribution is 5.99. The Morgan fingerprint density at radius 3 is 2.23 bits per heavy atom. The Bertz CT molecular complexity index is 1370. The minimum atomic E-state index is -0.978. The van der Waals surface area contributed by atoms with Crippen molar-refractivity contribution in [3.63, 3.8) is 0 Å². The van der Waals surface area contributed by atoms with E-state index in [0.717, 1.165) is 11.1 Å². The predicted octanol–water partition coefficient (Wildman–Crippen LogP) is 4.35. The first-order valence-corrected chi connectivity index (χ1v) is 13.6. The van der Waals surface area contributed by atoms with E-state index in [2.05, 4.69) is 5.32 Å². The van der Waals surface area contributed by atoms with Gasteiger partial charge in [0, 0.05) is 37.1 Å². The van der Waals surface area contributed by atoms with Crippen LogP contribution < -0.4 is 10.1 Å². The monoisotopic (exact) mass is 541 g/mol. The number of carbonyl (C=O) groups is 3. The maximum absolute atomic E-state index is 14.1. The average Bonchev–Trinajstić information content (AvgIpc) is 3.36. The van der Waals surface area contributed by atoms with Crippen molar-refractivity contribution >= 4 is 17.7 Å². The second kappa shape index (κ2) is 11.5. The Hall–Kier alpha value is -4.17. The maximum atomic E-state index is 14.1. The van der Waals surface area contributed by atoms with E-state index < -0.39 is 11.8 Å². The van der Waals surface area contributed by atoms with Crippen LogP contribution in [0, 0.1) is 6.92 Å². The van der Waals surface area contributed by atoms with Gasteiger partial charge in [-0.3, -0.25) is 19.3 Å². The first kappa shape index (κ1) is 27.4. The molecule has 2 aliphatic rings. The molecule has 8 heteroatoms. The number of rotatable bonds is 6. The number of methoxy groups -OCH3 is 1. The van der Waals surface area contributed by atoms with Crippen molar-refractivity contribution < 1.29 is 23.9 Å². The molecule has 2 aliphatic heterocycles. The van der Waals surface area contributed by atoms with Crippen LogP contribution in [0.25, 0.3) is 0 Å². The summed E-state index contributed by atoms with van der Waals surface area (Å²) < 4.78 is 11.6. The fraction of sp³-hybridized carbons (Fsp3) is 0.344. The summed E-state index contributed by atoms with van der Waals surface area (Å²) in [6.45, 7) is 4.71. The van der Waals surface area contributed by atoms with Crippen LogP contribution in [0.15, 0.2) is 78.9 Å². The van der Waals surface area contributed by atoms with E-state index in [9.17, 15) is 14.4 Å². The quantitative estimate of drug-likeness (QED) is 0.501. The van der Waals surface area contributed by atoms with Crippen LogP contribution in [0.5, 0.6) is 5.75 Å². The molecule has 0 saturated carbocycles. The lowest BCUT2D eigenvalue weighted by Crippen LogP contribution is -2.60. The number of nitrogens with one attached hydrogen (secondary N) is 1. The van der Waals surface area contributed by atoms with Crippen molar-refractivity contribution in [2.24, 2.45) is 0 Å². The topological polar surface area (TPSA) is 88.2 Å². The summed E-state index contributed by atoms with van der Waals surface area (Å²) in [4.78, 5) is 44.3. The minimum absolute atomic E-state index is 0.0849. The zero-order chi connectivity index (χ0) is 28.3. The molecule has 3 aromatic rings. The fourth-order valence-electron chi connectivity index (χ4n) is 5.62. The molecular weight excluding hydrogens is 506 g/mol. The molecule has 208 valence electrons. The largest absolute Gasteiger partial charge is 0.497 e. The number of likely N-dealkylation sites (tertiary alicyclic amines) is 1. The van der Waals surface area contributed by atoms with Crippen molar-refractivity contribution in [1.29, 1.82) is 0 Å². The Labute approximate surface area is 234 Å². The third-order valence-corrected chi connectivity index (χ3v) is 7.98. The summed E-state index contributed by atoms with van der Waals surface area (Å²) in [5.74, 6) is 0.105. The molecule has 2 saturated heterocycles. The highest BCUT2D eigenvalue weighted by Crippen LogP contribution is 2.39. The summed E-state index contributed by atoms with van der Waals surface area (Å²) in [7, 11) is 1.59. The summed E-state index contributed by atoms with van der Waals surface area (Å²) >= 11 is 0. The summed E-state index contributed by atoms with van der Waals surface area (Å²) in [5.41, 5.74) is 1.95. The molecule has 40 heavy (non-hydrogen) atoms. The van der Waals surface area contributed by atoms with Gasteiger partial charge in [-0.1, -0.05) is 48.5 Å². The minimum Gasteiger partial charge on any atom is -0.497 e. The number of hydrogen-bond acceptors (Lipinski definition) is 5. The number of benzene rings is 3. The number of aryl methyl sites for hydroxylation is 1. The zero-order valence-electron chi connectivity index (χ0n) is 23.1. The van der Waals surface area contributed by atoms with E-state index in [1.807, 2.05) is 62.4 Å². The van der Waals surface area contributed by atoms with Crippen molar-refractivity contribution in [2.45, 2.75) is 44.5 Å². The van der Waals surface area contributed by atoms with Crippen LogP contribution >= 0.6 is 0 Å². The van der Waals surface area contributed by atoms with Crippen molar-refractivity contribution in [3.8, 4) is 5.75 Å². The van der Waals surface area contributed by atoms with Crippen molar-refractivity contribution in [3.05, 3.63) is 101 Å². The molecule has 8 nitrogen and oxygen atoms in total. The summed E-state index contributed by atoms with van der Waals surface area (Å²) in [5, 5.41) is 3.08. The summed E-state index contributed by atoms with van der Waals surface area (Å²) in [6.07, 6.45) is 0.815. The van der Waals surface area contributed by atoms with Gasteiger partial charge in [-0.2, -0.15) is 0 Å². The van der Waals surface area contributed by atoms with Crippen LogP contribution in [-0.2, 0) is 9.53 Å². The molecule has 3 amide bonds. The van der Waals surface area contributed by atoms with E-state index in [4.69, 9.17) is 9.47 Å². The Morgan fingerprint density at radius 2 is 1.57 bits per heavy atom. The van der Waals surface area contributed by atoms with Crippen molar-refractivity contribution in [2.75, 3.05) is 26.8 Å². The molecule has 0 radical (unpaired) electrons. The van der Waals surface area contributed by atoms with E-state index in [0.29, 0.717) is 42.8 Å². The van der Waals surface area contributed by atoms with E-state index >= 15 is 0 Å². The Balaban J connectivity index is 1.37. The van der Waals surface area contributed by atoms with E-state index in [-0.39, 0.29) is 30.4 Å². The number of nitrogens with zero attached hydrogens (tertiary/aromatic N) is 2. The van der Waals surface area contributed by atoms with Gasteiger partial charge in [-0.25, -0.2) is 0 Å². The van der Waals surface area contributed by atoms with Gasteiger partial charge in [-0.15, -0.1) is 0 Å². The zero-order valence-corrected chi connectivity index (χ0v) is 23.1. The van der Waals surface area contributed by atoms with Gasteiger partial charge in [0.25, 0.3) is 11.8 Å². The SMILES string of the molecule is COc1ccc(C(=O)N2CCC3(CC2)OC[C@H](C(=O)N[C@@H](C)c2ccccc2)N3C(=O)c2ccccc2C)cc1. The van der Waals surface area contributed by atoms with Gasteiger partial charge in [0.2, 0.25) is 5.91 Å². The van der Waals surface area contributed by atoms with E-state index in [1.165, 1.54) is 0 Å². The molecular formula is C32H35N3O5. The highest BCUT2D eigenvalue weighted by atomic mass is 16.5. The molecule has 2 fully saturated rings. The predicted molar refractivity (Wildman–Crippen MR) is 151 cm³/mol. The Morgan fingerprint density at radius 1 is 0.925 bits per heavy atom. The molecule has 1 spiro atoms. The van der Waals surface area contributed by atoms with Crippen LogP contribution in [0.4, 0.5) is 0 Å². The molecule has 0 bridgehead atoms. The third kappa shape index (κ3) is 5.31. The first-order chi connectivity index (χ1) is 19.3. The van der Waals surface area contributed by atoms with Gasteiger partial charge in [-0.05, 0) is 55.3 Å². The molecule has 5 rings (SSSR count). The maximum Gasteiger partial charge on any atom is 0.257 e. The van der Waals surface area contributed by atoms with Gasteiger partial charge in [0.15, 0.2) is 0 Å². The average molecular weight is 542 g/mol. The standard InChI is InChI=1S/C32H35N3O5/c1-22-9-7-8-12-27(22)31(38)35-28(29(36)33-23(2)24-10-5-4-6-11-24)21-40-32(35)17-19-34(20-18-32)30(37)25-13-15-26(39-3)16-14-25/h4-16,23,28H,17-21H2,1-3H3,(H,33,36)/t23-,28+/m0/s1. The molecule has 0 aromatic heterocycles. The number of ether oxygens (including phenoxy) is 2. The van der Waals surface area contributed by atoms with Crippen LogP contribution in [0.2, 0.25) is 0 Å². The van der Waals surface area contributed by atoms with Gasteiger partial charge >= 0.3 is 0 Å². The lowest BCUT2D eigenvalue weighted by molar-refractivity contribution is -0.128. The lowest BCUT2D eigenvalue weighted by Gasteiger charge is -2.44. The molecule has 0 aliphatic carbocycles. The molecule has 3 aromatic carbocycles. The Kier molecular flexibility index (Phi) is 7.89. The second-order valence-electron chi connectivity index (χ2n) is 10.4. The molecule has 0 unspecified atom stereocenters. The second-order valence-corrected chi connectivity index (χ2v) is 10.4. The van der Waals surface area contributed by atoms with Crippen LogP contribution in [0.3, 0.4) is 0 Å².